The van der Waals surface area contributed by atoms with Crippen molar-refractivity contribution in [1.82, 2.24) is 0 Å². The summed E-state index contributed by atoms with van der Waals surface area (Å²) >= 11 is 0. The van der Waals surface area contributed by atoms with Gasteiger partial charge in [0, 0.05) is 31.0 Å². The molecule has 1 amide bonds. The fourth-order valence-electron chi connectivity index (χ4n) is 4.81. The van der Waals surface area contributed by atoms with Crippen LogP contribution in [0.3, 0.4) is 0 Å². The molecule has 3 aromatic carbocycles. The zero-order valence-electron chi connectivity index (χ0n) is 23.6. The van der Waals surface area contributed by atoms with Crippen molar-refractivity contribution in [2.24, 2.45) is 0 Å². The minimum atomic E-state index is -0.826. The summed E-state index contributed by atoms with van der Waals surface area (Å²) in [5, 5.41) is 11.6. The van der Waals surface area contributed by atoms with Crippen molar-refractivity contribution in [1.29, 1.82) is 0 Å². The first kappa shape index (κ1) is 27.8. The minimum absolute atomic E-state index is 0.00178. The first-order chi connectivity index (χ1) is 18.5. The summed E-state index contributed by atoms with van der Waals surface area (Å²) in [5.74, 6) is -0.164. The van der Waals surface area contributed by atoms with Crippen LogP contribution in [0.15, 0.2) is 72.3 Å². The normalized spacial score (nSPS) is 16.7. The highest BCUT2D eigenvalue weighted by Crippen LogP contribution is 2.43. The number of carbonyl (C=O) groups excluding carboxylic acids is 2. The SMILES string of the molecule is COc1ccc(/C(O)=C2/C(=O)C(=O)N(c3ccc(N(C)C)cc3)C2c2ccc(OC(C)C)cc2)cc1C(C)C. The Hall–Kier alpha value is -4.26. The maximum absolute atomic E-state index is 13.6. The third kappa shape index (κ3) is 5.48. The van der Waals surface area contributed by atoms with Gasteiger partial charge in [-0.15, -0.1) is 0 Å². The van der Waals surface area contributed by atoms with Gasteiger partial charge in [0.05, 0.1) is 24.8 Å². The molecule has 7 heteroatoms. The maximum Gasteiger partial charge on any atom is 0.300 e. The lowest BCUT2D eigenvalue weighted by Gasteiger charge is -2.26. The summed E-state index contributed by atoms with van der Waals surface area (Å²) in [6.45, 7) is 7.94. The Balaban J connectivity index is 1.90. The lowest BCUT2D eigenvalue weighted by atomic mass is 9.93. The molecule has 204 valence electrons. The number of nitrogens with zero attached hydrogens (tertiary/aromatic N) is 2. The van der Waals surface area contributed by atoms with Gasteiger partial charge in [0.25, 0.3) is 11.7 Å². The number of anilines is 2. The van der Waals surface area contributed by atoms with Gasteiger partial charge in [0.15, 0.2) is 0 Å². The van der Waals surface area contributed by atoms with Gasteiger partial charge in [-0.2, -0.15) is 0 Å². The molecule has 0 bridgehead atoms. The number of amides is 1. The fraction of sp³-hybridized carbons (Fsp3) is 0.312. The summed E-state index contributed by atoms with van der Waals surface area (Å²) in [6, 6.07) is 19.2. The van der Waals surface area contributed by atoms with Crippen LogP contribution in [0.4, 0.5) is 11.4 Å². The van der Waals surface area contributed by atoms with Crippen LogP contribution >= 0.6 is 0 Å². The molecule has 39 heavy (non-hydrogen) atoms. The first-order valence-electron chi connectivity index (χ1n) is 13.1. The lowest BCUT2D eigenvalue weighted by molar-refractivity contribution is -0.132. The molecule has 1 aliphatic heterocycles. The average Bonchev–Trinajstić information content (AvgIpc) is 3.18. The van der Waals surface area contributed by atoms with E-state index in [2.05, 4.69) is 0 Å². The largest absolute Gasteiger partial charge is 0.507 e. The number of methoxy groups -OCH3 is 1. The zero-order valence-corrected chi connectivity index (χ0v) is 23.6. The average molecular weight is 529 g/mol. The third-order valence-corrected chi connectivity index (χ3v) is 6.78. The molecular weight excluding hydrogens is 492 g/mol. The summed E-state index contributed by atoms with van der Waals surface area (Å²) < 4.78 is 11.3. The number of ketones is 1. The van der Waals surface area contributed by atoms with Crippen molar-refractivity contribution in [3.05, 3.63) is 89.0 Å². The highest BCUT2D eigenvalue weighted by atomic mass is 16.5. The maximum atomic E-state index is 13.6. The van der Waals surface area contributed by atoms with Gasteiger partial charge in [0.2, 0.25) is 0 Å². The quantitative estimate of drug-likeness (QED) is 0.210. The second-order valence-corrected chi connectivity index (χ2v) is 10.4. The standard InChI is InChI=1S/C32H36N2O5/c1-19(2)26-18-22(10-17-27(26)38-7)30(35)28-29(21-8-15-25(16-9-21)39-20(3)4)34(32(37)31(28)36)24-13-11-23(12-14-24)33(5)6/h8-20,29,35H,1-7H3/b30-28-. The molecule has 1 aliphatic rings. The highest BCUT2D eigenvalue weighted by Gasteiger charge is 2.47. The first-order valence-corrected chi connectivity index (χ1v) is 13.1. The van der Waals surface area contributed by atoms with Crippen LogP contribution < -0.4 is 19.3 Å². The molecule has 0 aromatic heterocycles. The minimum Gasteiger partial charge on any atom is -0.507 e. The van der Waals surface area contributed by atoms with Gasteiger partial charge >= 0.3 is 0 Å². The zero-order chi connectivity index (χ0) is 28.4. The van der Waals surface area contributed by atoms with Gasteiger partial charge in [-0.1, -0.05) is 26.0 Å². The Morgan fingerprint density at radius 3 is 2.10 bits per heavy atom. The number of rotatable bonds is 8. The van der Waals surface area contributed by atoms with Crippen LogP contribution in [-0.2, 0) is 9.59 Å². The second-order valence-electron chi connectivity index (χ2n) is 10.4. The van der Waals surface area contributed by atoms with Crippen molar-refractivity contribution < 1.29 is 24.2 Å². The lowest BCUT2D eigenvalue weighted by Crippen LogP contribution is -2.29. The van der Waals surface area contributed by atoms with Crippen LogP contribution in [0.5, 0.6) is 11.5 Å². The van der Waals surface area contributed by atoms with E-state index in [1.54, 1.807) is 19.2 Å². The van der Waals surface area contributed by atoms with E-state index in [-0.39, 0.29) is 23.4 Å². The van der Waals surface area contributed by atoms with Crippen molar-refractivity contribution in [2.75, 3.05) is 31.0 Å². The van der Waals surface area contributed by atoms with E-state index in [9.17, 15) is 14.7 Å². The van der Waals surface area contributed by atoms with Crippen LogP contribution in [0.1, 0.15) is 56.3 Å². The van der Waals surface area contributed by atoms with E-state index in [0.717, 1.165) is 11.3 Å². The molecule has 3 aromatic rings. The number of aliphatic hydroxyl groups is 1. The Morgan fingerprint density at radius 2 is 1.56 bits per heavy atom. The van der Waals surface area contributed by atoms with Crippen molar-refractivity contribution in [3.63, 3.8) is 0 Å². The predicted octanol–water partition coefficient (Wildman–Crippen LogP) is 6.30. The Labute approximate surface area is 230 Å². The summed E-state index contributed by atoms with van der Waals surface area (Å²) in [7, 11) is 5.46. The molecule has 0 radical (unpaired) electrons. The predicted molar refractivity (Wildman–Crippen MR) is 155 cm³/mol. The molecule has 0 saturated carbocycles. The van der Waals surface area contributed by atoms with Crippen LogP contribution in [0, 0.1) is 0 Å². The van der Waals surface area contributed by atoms with Gasteiger partial charge in [-0.05, 0) is 85.5 Å². The number of Topliss-reactive ketones (excluding diaryl/α,β-unsaturated/α-hetero) is 1. The molecule has 1 fully saturated rings. The Bertz CT molecular complexity index is 1390. The Morgan fingerprint density at radius 1 is 0.923 bits per heavy atom. The number of hydrogen-bond donors (Lipinski definition) is 1. The van der Waals surface area contributed by atoms with Crippen molar-refractivity contribution >= 4 is 28.8 Å². The molecule has 0 spiro atoms. The highest BCUT2D eigenvalue weighted by molar-refractivity contribution is 6.51. The summed E-state index contributed by atoms with van der Waals surface area (Å²) in [6.07, 6.45) is 0.00178. The molecule has 4 rings (SSSR count). The van der Waals surface area contributed by atoms with E-state index < -0.39 is 17.7 Å². The van der Waals surface area contributed by atoms with Gasteiger partial charge in [0.1, 0.15) is 17.3 Å². The van der Waals surface area contributed by atoms with E-state index >= 15 is 0 Å². The Kier molecular flexibility index (Phi) is 8.00. The third-order valence-electron chi connectivity index (χ3n) is 6.78. The van der Waals surface area contributed by atoms with E-state index in [1.807, 2.05) is 101 Å². The topological polar surface area (TPSA) is 79.3 Å². The van der Waals surface area contributed by atoms with Gasteiger partial charge in [-0.3, -0.25) is 14.5 Å². The monoisotopic (exact) mass is 528 g/mol. The van der Waals surface area contributed by atoms with Crippen molar-refractivity contribution in [2.45, 2.75) is 45.8 Å². The van der Waals surface area contributed by atoms with E-state index in [1.165, 1.54) is 4.90 Å². The molecule has 1 heterocycles. The van der Waals surface area contributed by atoms with E-state index in [0.29, 0.717) is 28.3 Å². The van der Waals surface area contributed by atoms with Gasteiger partial charge in [-0.25, -0.2) is 0 Å². The molecule has 1 unspecified atom stereocenters. The number of hydrogen-bond acceptors (Lipinski definition) is 6. The van der Waals surface area contributed by atoms with Gasteiger partial charge < -0.3 is 19.5 Å². The summed E-state index contributed by atoms with van der Waals surface area (Å²) in [5.41, 5.74) is 3.58. The number of carbonyl (C=O) groups is 2. The molecule has 0 aliphatic carbocycles. The molecule has 1 atom stereocenters. The number of ether oxygens (including phenoxy) is 2. The number of benzene rings is 3. The molecule has 1 N–H and O–H groups in total. The second kappa shape index (κ2) is 11.2. The smallest absolute Gasteiger partial charge is 0.300 e. The molecular formula is C32H36N2O5. The molecule has 1 saturated heterocycles. The fourth-order valence-corrected chi connectivity index (χ4v) is 4.81. The van der Waals surface area contributed by atoms with Crippen LogP contribution in [-0.4, -0.2) is 44.1 Å². The van der Waals surface area contributed by atoms with E-state index in [4.69, 9.17) is 9.47 Å². The number of aliphatic hydroxyl groups excluding tert-OH is 1. The molecule has 7 nitrogen and oxygen atoms in total. The van der Waals surface area contributed by atoms with Crippen LogP contribution in [0.25, 0.3) is 5.76 Å². The summed E-state index contributed by atoms with van der Waals surface area (Å²) in [4.78, 5) is 30.5. The van der Waals surface area contributed by atoms with Crippen molar-refractivity contribution in [3.8, 4) is 11.5 Å². The van der Waals surface area contributed by atoms with Crippen LogP contribution in [0.2, 0.25) is 0 Å².